The van der Waals surface area contributed by atoms with Crippen molar-refractivity contribution in [3.63, 3.8) is 0 Å². The van der Waals surface area contributed by atoms with Gasteiger partial charge in [-0.3, -0.25) is 9.59 Å². The van der Waals surface area contributed by atoms with Gasteiger partial charge in [0, 0.05) is 49.7 Å². The van der Waals surface area contributed by atoms with Crippen molar-refractivity contribution in [2.45, 2.75) is 33.7 Å². The molecule has 2 aliphatic carbocycles. The minimum absolute atomic E-state index is 0.0279. The number of rotatable bonds is 5. The Kier molecular flexibility index (Phi) is 8.40. The third-order valence-electron chi connectivity index (χ3n) is 9.38. The summed E-state index contributed by atoms with van der Waals surface area (Å²) in [6.07, 6.45) is 4.03. The topological polar surface area (TPSA) is 134 Å². The summed E-state index contributed by atoms with van der Waals surface area (Å²) in [7, 11) is 0. The molecule has 0 aliphatic heterocycles. The van der Waals surface area contributed by atoms with E-state index in [0.717, 1.165) is 45.1 Å². The highest BCUT2D eigenvalue weighted by Gasteiger charge is 2.36. The van der Waals surface area contributed by atoms with Crippen LogP contribution >= 0.6 is 22.7 Å². The molecule has 3 heterocycles. The molecule has 2 aromatic carbocycles. The number of hydrogen-bond donors (Lipinski definition) is 0. The molecule has 0 amide bonds. The van der Waals surface area contributed by atoms with Crippen molar-refractivity contribution in [2.75, 3.05) is 0 Å². The van der Waals surface area contributed by atoms with Crippen LogP contribution < -0.4 is 0 Å². The summed E-state index contributed by atoms with van der Waals surface area (Å²) in [6.45, 7) is 6.35. The van der Waals surface area contributed by atoms with Crippen molar-refractivity contribution >= 4 is 78.0 Å². The van der Waals surface area contributed by atoms with Crippen LogP contribution in [0.2, 0.25) is 0 Å². The third-order valence-corrected chi connectivity index (χ3v) is 11.7. The van der Waals surface area contributed by atoms with Crippen LogP contribution in [0.1, 0.15) is 67.4 Å². The molecule has 0 bridgehead atoms. The molecule has 0 saturated heterocycles. The monoisotopic (exact) mass is 725 g/mol. The zero-order chi connectivity index (χ0) is 37.2. The van der Waals surface area contributed by atoms with Crippen molar-refractivity contribution in [2.24, 2.45) is 5.92 Å². The van der Waals surface area contributed by atoms with E-state index in [0.29, 0.717) is 21.9 Å². The van der Waals surface area contributed by atoms with Crippen LogP contribution in [0.15, 0.2) is 58.7 Å². The average Bonchev–Trinajstić information content (AvgIpc) is 3.90. The van der Waals surface area contributed by atoms with Crippen LogP contribution in [0.25, 0.3) is 43.7 Å². The number of aromatic nitrogens is 1. The molecule has 1 unspecified atom stereocenters. The molecule has 7 rings (SSSR count). The molecular formula is C40H22F3N5O2S2. The van der Waals surface area contributed by atoms with Gasteiger partial charge in [-0.1, -0.05) is 20.3 Å². The summed E-state index contributed by atoms with van der Waals surface area (Å²) in [5, 5.41) is 39.0. The first-order valence-corrected chi connectivity index (χ1v) is 17.6. The first-order valence-electron chi connectivity index (χ1n) is 15.9. The molecule has 52 heavy (non-hydrogen) atoms. The van der Waals surface area contributed by atoms with E-state index in [-0.39, 0.29) is 56.0 Å². The van der Waals surface area contributed by atoms with E-state index < -0.39 is 34.6 Å². The molecule has 5 aromatic rings. The molecule has 3 aromatic heterocycles. The summed E-state index contributed by atoms with van der Waals surface area (Å²) in [4.78, 5) is 28.5. The Bertz CT molecular complexity index is 2580. The summed E-state index contributed by atoms with van der Waals surface area (Å²) in [6, 6.07) is 15.3. The lowest BCUT2D eigenvalue weighted by Crippen LogP contribution is -2.05. The van der Waals surface area contributed by atoms with Crippen molar-refractivity contribution in [1.29, 1.82) is 21.0 Å². The lowest BCUT2D eigenvalue weighted by molar-refractivity contribution is 0.103. The van der Waals surface area contributed by atoms with Gasteiger partial charge in [-0.05, 0) is 78.1 Å². The molecule has 0 N–H and O–H groups in total. The van der Waals surface area contributed by atoms with Crippen molar-refractivity contribution in [3.8, 4) is 24.3 Å². The largest absolute Gasteiger partial charge is 0.339 e. The third kappa shape index (κ3) is 5.20. The van der Waals surface area contributed by atoms with Crippen LogP contribution in [0.3, 0.4) is 0 Å². The second kappa shape index (κ2) is 12.8. The number of allylic oxidation sites excluding steroid dienone is 6. The maximum Gasteiger partial charge on any atom is 0.194 e. The molecular weight excluding hydrogens is 704 g/mol. The Morgan fingerprint density at radius 2 is 1.13 bits per heavy atom. The van der Waals surface area contributed by atoms with E-state index in [4.69, 9.17) is 0 Å². The van der Waals surface area contributed by atoms with E-state index in [1.165, 1.54) is 34.8 Å². The Balaban J connectivity index is 1.41. The zero-order valence-corrected chi connectivity index (χ0v) is 29.2. The lowest BCUT2D eigenvalue weighted by atomic mass is 9.98. The van der Waals surface area contributed by atoms with Gasteiger partial charge in [0.05, 0.1) is 20.4 Å². The second-order valence-corrected chi connectivity index (χ2v) is 14.7. The molecule has 7 nitrogen and oxygen atoms in total. The number of hydrogen-bond acceptors (Lipinski definition) is 8. The number of Topliss-reactive ketones (excluding diaryl/α,β-unsaturated/α-hetero) is 2. The van der Waals surface area contributed by atoms with Gasteiger partial charge < -0.3 is 4.57 Å². The number of aryl methyl sites for hydroxylation is 1. The minimum atomic E-state index is -1.22. The number of fused-ring (bicyclic) bond motifs is 5. The van der Waals surface area contributed by atoms with Gasteiger partial charge in [-0.2, -0.15) is 21.0 Å². The Morgan fingerprint density at radius 3 is 1.58 bits per heavy atom. The summed E-state index contributed by atoms with van der Waals surface area (Å²) in [5.41, 5.74) is 1.75. The second-order valence-electron chi connectivity index (χ2n) is 12.5. The van der Waals surface area contributed by atoms with Gasteiger partial charge in [0.15, 0.2) is 23.2 Å². The number of nitriles is 4. The first-order chi connectivity index (χ1) is 24.9. The van der Waals surface area contributed by atoms with Crippen LogP contribution in [-0.4, -0.2) is 16.1 Å². The number of carbonyl (C=O) groups is 2. The number of nitrogens with zero attached hydrogens (tertiary/aromatic N) is 5. The normalized spacial score (nSPS) is 15.6. The molecule has 0 saturated carbocycles. The fraction of sp³-hybridized carbons (Fsp3) is 0.150. The van der Waals surface area contributed by atoms with Crippen LogP contribution in [-0.2, 0) is 6.54 Å². The van der Waals surface area contributed by atoms with Gasteiger partial charge in [0.25, 0.3) is 0 Å². The fourth-order valence-electron chi connectivity index (χ4n) is 6.63. The van der Waals surface area contributed by atoms with Crippen LogP contribution in [0.4, 0.5) is 13.2 Å². The SMILES string of the molecule is CCC(C)Cn1c2cc(/C=C3\C(=O)c4cc(F)c(C)cc4C3=C(C#N)C#N)sc2c2sc(/C=C3\C(=O)c4cc(F)c(F)cc4C3=C(C#N)C#N)cc21. The van der Waals surface area contributed by atoms with Crippen molar-refractivity contribution < 1.29 is 22.8 Å². The minimum Gasteiger partial charge on any atom is -0.339 e. The van der Waals surface area contributed by atoms with E-state index in [2.05, 4.69) is 18.4 Å². The van der Waals surface area contributed by atoms with E-state index >= 15 is 0 Å². The first kappa shape index (κ1) is 34.2. The van der Waals surface area contributed by atoms with E-state index in [1.807, 2.05) is 24.3 Å². The van der Waals surface area contributed by atoms with Gasteiger partial charge in [-0.25, -0.2) is 13.2 Å². The summed E-state index contributed by atoms with van der Waals surface area (Å²) >= 11 is 2.73. The van der Waals surface area contributed by atoms with Crippen molar-refractivity contribution in [1.82, 2.24) is 4.57 Å². The zero-order valence-electron chi connectivity index (χ0n) is 27.6. The maximum absolute atomic E-state index is 14.6. The predicted octanol–water partition coefficient (Wildman–Crippen LogP) is 9.85. The summed E-state index contributed by atoms with van der Waals surface area (Å²) < 4.78 is 46.9. The molecule has 2 aliphatic rings. The lowest BCUT2D eigenvalue weighted by Gasteiger charge is -2.11. The number of ketones is 2. The average molecular weight is 726 g/mol. The smallest absolute Gasteiger partial charge is 0.194 e. The number of carbonyl (C=O) groups excluding carboxylic acids is 2. The van der Waals surface area contributed by atoms with Gasteiger partial charge in [-0.15, -0.1) is 22.7 Å². The highest BCUT2D eigenvalue weighted by Crippen LogP contribution is 2.46. The molecule has 0 fully saturated rings. The van der Waals surface area contributed by atoms with E-state index in [1.54, 1.807) is 25.1 Å². The fourth-order valence-corrected chi connectivity index (χ4v) is 8.99. The van der Waals surface area contributed by atoms with Crippen LogP contribution in [0.5, 0.6) is 0 Å². The number of thiophene rings is 2. The maximum atomic E-state index is 14.6. The Morgan fingerprint density at radius 1 is 0.712 bits per heavy atom. The van der Waals surface area contributed by atoms with Gasteiger partial charge >= 0.3 is 0 Å². The Labute approximate surface area is 303 Å². The van der Waals surface area contributed by atoms with E-state index in [9.17, 15) is 43.8 Å². The van der Waals surface area contributed by atoms with Crippen LogP contribution in [0, 0.1) is 75.6 Å². The molecule has 1 atom stereocenters. The van der Waals surface area contributed by atoms with Crippen molar-refractivity contribution in [3.05, 3.63) is 114 Å². The van der Waals surface area contributed by atoms with Gasteiger partial charge in [0.1, 0.15) is 41.2 Å². The van der Waals surface area contributed by atoms with Gasteiger partial charge in [0.2, 0.25) is 0 Å². The number of halogens is 3. The molecule has 252 valence electrons. The highest BCUT2D eigenvalue weighted by atomic mass is 32.1. The predicted molar refractivity (Wildman–Crippen MR) is 193 cm³/mol. The molecule has 0 radical (unpaired) electrons. The quantitative estimate of drug-likeness (QED) is 0.131. The molecule has 12 heteroatoms. The molecule has 0 spiro atoms. The summed E-state index contributed by atoms with van der Waals surface area (Å²) in [5.74, 6) is -3.89. The standard InChI is InChI=1S/C40H22F3N5O2S2/c1-4-18(2)17-48-33-8-22(6-28-35(20(13-44)14-45)24-5-19(3)30(41)11-26(24)37(28)49)51-39(33)40-34(48)9-23(52-40)7-29-36(21(15-46)16-47)25-10-31(42)32(43)12-27(25)38(29)50/h5-12,18H,4,17H2,1-3H3/b28-6-,29-7-. The Hall–Kier alpha value is -6.31. The highest BCUT2D eigenvalue weighted by molar-refractivity contribution is 7.28. The number of benzene rings is 2.